The van der Waals surface area contributed by atoms with Crippen LogP contribution >= 0.6 is 0 Å². The number of benzene rings is 2. The lowest BCUT2D eigenvalue weighted by Crippen LogP contribution is -2.22. The van der Waals surface area contributed by atoms with Gasteiger partial charge in [-0.2, -0.15) is 15.0 Å². The first-order valence-electron chi connectivity index (χ1n) is 9.62. The van der Waals surface area contributed by atoms with Crippen LogP contribution in [0.15, 0.2) is 88.9 Å². The van der Waals surface area contributed by atoms with Crippen LogP contribution in [-0.2, 0) is 0 Å². The van der Waals surface area contributed by atoms with Crippen LogP contribution in [0, 0.1) is 21.4 Å². The molecule has 0 saturated carbocycles. The van der Waals surface area contributed by atoms with Crippen LogP contribution in [0.3, 0.4) is 0 Å². The predicted octanol–water partition coefficient (Wildman–Crippen LogP) is 4.26. The van der Waals surface area contributed by atoms with Gasteiger partial charge in [-0.25, -0.2) is 0 Å². The summed E-state index contributed by atoms with van der Waals surface area (Å²) in [6.45, 7) is 0. The number of allylic oxidation sites excluding steroid dienone is 1. The Kier molecular flexibility index (Phi) is 4.45. The van der Waals surface area contributed by atoms with Crippen molar-refractivity contribution in [3.05, 3.63) is 106 Å². The van der Waals surface area contributed by atoms with E-state index in [2.05, 4.69) is 6.07 Å². The van der Waals surface area contributed by atoms with E-state index in [1.54, 1.807) is 28.9 Å². The molecular formula is C23H15N5O4. The van der Waals surface area contributed by atoms with Crippen molar-refractivity contribution < 1.29 is 14.1 Å². The number of hydrogen-bond donors (Lipinski definition) is 1. The number of rotatable bonds is 4. The molecule has 0 amide bonds. The van der Waals surface area contributed by atoms with E-state index < -0.39 is 10.8 Å². The maximum Gasteiger partial charge on any atom is 0.269 e. The molecule has 156 valence electrons. The molecule has 9 nitrogen and oxygen atoms in total. The van der Waals surface area contributed by atoms with Gasteiger partial charge in [-0.1, -0.05) is 30.3 Å². The van der Waals surface area contributed by atoms with Gasteiger partial charge in [0.2, 0.25) is 11.8 Å². The number of nitrogens with zero attached hydrogens (tertiary/aromatic N) is 4. The number of nitrogens with two attached hydrogens (primary N) is 1. The summed E-state index contributed by atoms with van der Waals surface area (Å²) in [5, 5.41) is 25.7. The minimum absolute atomic E-state index is 0.0496. The summed E-state index contributed by atoms with van der Waals surface area (Å²) >= 11 is 0. The van der Waals surface area contributed by atoms with E-state index >= 15 is 0 Å². The fourth-order valence-corrected chi connectivity index (χ4v) is 3.80. The molecule has 0 fully saturated rings. The van der Waals surface area contributed by atoms with Crippen LogP contribution in [0.2, 0.25) is 0 Å². The maximum absolute atomic E-state index is 11.1. The standard InChI is InChI=1S/C23H15N5O4/c24-13-17-19(14-8-10-16(11-9-14)28(29)30)20-21(18-7-4-12-31-18)26-27(23(20)32-22(17)25)15-5-2-1-3-6-15/h1-12,19H,25H2. The van der Waals surface area contributed by atoms with Gasteiger partial charge in [0.1, 0.15) is 17.3 Å². The van der Waals surface area contributed by atoms with Crippen molar-refractivity contribution in [2.75, 3.05) is 0 Å². The maximum atomic E-state index is 11.1. The number of non-ortho nitro benzene ring substituents is 1. The number of ether oxygens (including phenoxy) is 1. The minimum atomic E-state index is -0.651. The molecule has 0 spiro atoms. The number of hydrogen-bond acceptors (Lipinski definition) is 7. The third-order valence-electron chi connectivity index (χ3n) is 5.24. The molecule has 0 saturated heterocycles. The van der Waals surface area contributed by atoms with Gasteiger partial charge in [0.25, 0.3) is 5.69 Å². The number of nitro groups is 1. The largest absolute Gasteiger partial charge is 0.463 e. The van der Waals surface area contributed by atoms with E-state index in [-0.39, 0.29) is 17.1 Å². The highest BCUT2D eigenvalue weighted by atomic mass is 16.6. The second-order valence-electron chi connectivity index (χ2n) is 7.07. The molecule has 0 radical (unpaired) electrons. The average Bonchev–Trinajstić information content (AvgIpc) is 3.47. The molecule has 1 aliphatic rings. The number of furan rings is 1. The van der Waals surface area contributed by atoms with Gasteiger partial charge in [0.15, 0.2) is 5.76 Å². The zero-order valence-corrected chi connectivity index (χ0v) is 16.5. The lowest BCUT2D eigenvalue weighted by atomic mass is 9.83. The second kappa shape index (κ2) is 7.45. The molecule has 9 heteroatoms. The van der Waals surface area contributed by atoms with Gasteiger partial charge in [-0.15, -0.1) is 0 Å². The van der Waals surface area contributed by atoms with Crippen molar-refractivity contribution in [2.45, 2.75) is 5.92 Å². The van der Waals surface area contributed by atoms with E-state index in [1.165, 1.54) is 18.4 Å². The predicted molar refractivity (Wildman–Crippen MR) is 114 cm³/mol. The fraction of sp³-hybridized carbons (Fsp3) is 0.0435. The number of nitro benzene ring substituents is 1. The summed E-state index contributed by atoms with van der Waals surface area (Å²) < 4.78 is 13.1. The normalized spacial score (nSPS) is 15.0. The highest BCUT2D eigenvalue weighted by molar-refractivity contribution is 5.69. The molecule has 4 aromatic rings. The van der Waals surface area contributed by atoms with Crippen LogP contribution in [0.25, 0.3) is 17.1 Å². The van der Waals surface area contributed by atoms with Gasteiger partial charge in [-0.05, 0) is 29.8 Å². The zero-order valence-electron chi connectivity index (χ0n) is 16.5. The fourth-order valence-electron chi connectivity index (χ4n) is 3.80. The van der Waals surface area contributed by atoms with E-state index in [9.17, 15) is 15.4 Å². The van der Waals surface area contributed by atoms with E-state index in [4.69, 9.17) is 20.0 Å². The Morgan fingerprint density at radius 1 is 1.09 bits per heavy atom. The second-order valence-corrected chi connectivity index (χ2v) is 7.07. The molecule has 2 aromatic heterocycles. The third kappa shape index (κ3) is 2.98. The van der Waals surface area contributed by atoms with Crippen molar-refractivity contribution in [3.63, 3.8) is 0 Å². The molecular weight excluding hydrogens is 410 g/mol. The number of nitriles is 1. The monoisotopic (exact) mass is 425 g/mol. The van der Waals surface area contributed by atoms with Crippen LogP contribution in [-0.4, -0.2) is 14.7 Å². The quantitative estimate of drug-likeness (QED) is 0.381. The average molecular weight is 425 g/mol. The van der Waals surface area contributed by atoms with Crippen molar-refractivity contribution in [1.29, 1.82) is 5.26 Å². The van der Waals surface area contributed by atoms with Gasteiger partial charge in [0, 0.05) is 12.1 Å². The van der Waals surface area contributed by atoms with Crippen molar-refractivity contribution in [3.8, 4) is 29.1 Å². The molecule has 3 heterocycles. The smallest absolute Gasteiger partial charge is 0.269 e. The first-order valence-corrected chi connectivity index (χ1v) is 9.62. The Morgan fingerprint density at radius 3 is 2.47 bits per heavy atom. The van der Waals surface area contributed by atoms with Crippen LogP contribution in [0.1, 0.15) is 17.0 Å². The number of fused-ring (bicyclic) bond motifs is 1. The summed E-state index contributed by atoms with van der Waals surface area (Å²) in [7, 11) is 0. The van der Waals surface area contributed by atoms with Crippen molar-refractivity contribution >= 4 is 5.69 Å². The lowest BCUT2D eigenvalue weighted by molar-refractivity contribution is -0.384. The van der Waals surface area contributed by atoms with E-state index in [0.29, 0.717) is 28.5 Å². The van der Waals surface area contributed by atoms with Gasteiger partial charge in [-0.3, -0.25) is 10.1 Å². The Balaban J connectivity index is 1.79. The highest BCUT2D eigenvalue weighted by Gasteiger charge is 2.38. The van der Waals surface area contributed by atoms with Crippen LogP contribution in [0.5, 0.6) is 5.88 Å². The summed E-state index contributed by atoms with van der Waals surface area (Å²) in [5.41, 5.74) is 8.72. The van der Waals surface area contributed by atoms with Crippen molar-refractivity contribution in [1.82, 2.24) is 9.78 Å². The molecule has 5 rings (SSSR count). The number of para-hydroxylation sites is 1. The Labute approximate surface area is 181 Å². The molecule has 2 N–H and O–H groups in total. The van der Waals surface area contributed by atoms with Crippen molar-refractivity contribution in [2.24, 2.45) is 5.73 Å². The van der Waals surface area contributed by atoms with Gasteiger partial charge >= 0.3 is 0 Å². The Hall–Kier alpha value is -4.84. The third-order valence-corrected chi connectivity index (χ3v) is 5.24. The molecule has 1 unspecified atom stereocenters. The molecule has 0 bridgehead atoms. The van der Waals surface area contributed by atoms with E-state index in [0.717, 1.165) is 5.69 Å². The SMILES string of the molecule is N#CC1=C(N)Oc2c(c(-c3ccco3)nn2-c2ccccc2)C1c1ccc([N+](=O)[O-])cc1. The molecule has 1 atom stereocenters. The Bertz CT molecular complexity index is 1380. The summed E-state index contributed by atoms with van der Waals surface area (Å²) in [6.07, 6.45) is 1.53. The first kappa shape index (κ1) is 19.1. The molecule has 0 aliphatic carbocycles. The minimum Gasteiger partial charge on any atom is -0.463 e. The molecule has 1 aliphatic heterocycles. The van der Waals surface area contributed by atoms with Crippen LogP contribution < -0.4 is 10.5 Å². The summed E-state index contributed by atoms with van der Waals surface area (Å²) in [4.78, 5) is 10.6. The summed E-state index contributed by atoms with van der Waals surface area (Å²) in [5.74, 6) is 0.139. The molecule has 32 heavy (non-hydrogen) atoms. The highest BCUT2D eigenvalue weighted by Crippen LogP contribution is 2.47. The first-order chi connectivity index (χ1) is 15.6. The van der Waals surface area contributed by atoms with Crippen LogP contribution in [0.4, 0.5) is 5.69 Å². The van der Waals surface area contributed by atoms with E-state index in [1.807, 2.05) is 30.3 Å². The van der Waals surface area contributed by atoms with Gasteiger partial charge in [0.05, 0.1) is 28.4 Å². The zero-order chi connectivity index (χ0) is 22.2. The number of aromatic nitrogens is 2. The Morgan fingerprint density at radius 2 is 1.84 bits per heavy atom. The lowest BCUT2D eigenvalue weighted by Gasteiger charge is -2.24. The molecule has 2 aromatic carbocycles. The topological polar surface area (TPSA) is 133 Å². The summed E-state index contributed by atoms with van der Waals surface area (Å²) in [6, 6.07) is 21.0. The van der Waals surface area contributed by atoms with Gasteiger partial charge < -0.3 is 14.9 Å².